The molecule has 1 aromatic carbocycles. The van der Waals surface area contributed by atoms with Crippen molar-refractivity contribution in [1.29, 1.82) is 0 Å². The summed E-state index contributed by atoms with van der Waals surface area (Å²) in [5, 5.41) is 0.745. The predicted octanol–water partition coefficient (Wildman–Crippen LogP) is 4.10. The number of benzene rings is 1. The van der Waals surface area contributed by atoms with E-state index in [-0.39, 0.29) is 30.7 Å². The van der Waals surface area contributed by atoms with Crippen LogP contribution in [0.1, 0.15) is 5.56 Å². The SMILES string of the molecule is Cc1cc(=O)oc2cc(OP(=O)(OCCCl)OCCCl)ccc12. The van der Waals surface area contributed by atoms with Crippen LogP contribution in [-0.4, -0.2) is 25.0 Å². The zero-order valence-electron chi connectivity index (χ0n) is 12.3. The van der Waals surface area contributed by atoms with Crippen molar-refractivity contribution >= 4 is 42.0 Å². The van der Waals surface area contributed by atoms with Crippen LogP contribution in [0.4, 0.5) is 0 Å². The molecule has 0 fully saturated rings. The summed E-state index contributed by atoms with van der Waals surface area (Å²) in [4.78, 5) is 11.4. The van der Waals surface area contributed by atoms with Crippen LogP contribution in [0.25, 0.3) is 11.0 Å². The molecule has 1 aromatic heterocycles. The van der Waals surface area contributed by atoms with E-state index in [1.54, 1.807) is 19.1 Å². The Kier molecular flexibility index (Phi) is 6.50. The molecule has 2 rings (SSSR count). The highest BCUT2D eigenvalue weighted by Gasteiger charge is 2.28. The molecule has 0 amide bonds. The molecule has 0 aliphatic rings. The summed E-state index contributed by atoms with van der Waals surface area (Å²) in [6.07, 6.45) is 0. The van der Waals surface area contributed by atoms with Crippen LogP contribution in [0, 0.1) is 6.92 Å². The molecule has 9 heteroatoms. The normalized spacial score (nSPS) is 11.8. The molecule has 0 saturated heterocycles. The molecule has 1 heterocycles. The van der Waals surface area contributed by atoms with Crippen LogP contribution >= 0.6 is 31.0 Å². The molecule has 0 aliphatic carbocycles. The van der Waals surface area contributed by atoms with Gasteiger partial charge in [-0.25, -0.2) is 9.36 Å². The van der Waals surface area contributed by atoms with Crippen molar-refractivity contribution in [3.8, 4) is 5.75 Å². The van der Waals surface area contributed by atoms with Crippen molar-refractivity contribution in [2.24, 2.45) is 0 Å². The molecule has 0 unspecified atom stereocenters. The lowest BCUT2D eigenvalue weighted by Gasteiger charge is -2.17. The number of hydrogen-bond acceptors (Lipinski definition) is 6. The number of hydrogen-bond donors (Lipinski definition) is 0. The first-order valence-electron chi connectivity index (χ1n) is 6.72. The smallest absolute Gasteiger partial charge is 0.423 e. The van der Waals surface area contributed by atoms with Gasteiger partial charge in [-0.2, -0.15) is 0 Å². The number of rotatable bonds is 8. The largest absolute Gasteiger partial charge is 0.530 e. The Morgan fingerprint density at radius 1 is 1.13 bits per heavy atom. The summed E-state index contributed by atoms with van der Waals surface area (Å²) in [7, 11) is -3.86. The summed E-state index contributed by atoms with van der Waals surface area (Å²) in [5.41, 5.74) is 0.601. The lowest BCUT2D eigenvalue weighted by atomic mass is 10.1. The Morgan fingerprint density at radius 2 is 1.78 bits per heavy atom. The van der Waals surface area contributed by atoms with Crippen molar-refractivity contribution in [1.82, 2.24) is 0 Å². The van der Waals surface area contributed by atoms with Crippen LogP contribution in [0.2, 0.25) is 0 Å². The van der Waals surface area contributed by atoms with Gasteiger partial charge in [-0.3, -0.25) is 9.05 Å². The molecule has 0 saturated carbocycles. The average molecular weight is 381 g/mol. The van der Waals surface area contributed by atoms with Crippen LogP contribution in [-0.2, 0) is 13.6 Å². The fraction of sp³-hybridized carbons (Fsp3) is 0.357. The molecule has 0 radical (unpaired) electrons. The minimum Gasteiger partial charge on any atom is -0.423 e. The molecule has 6 nitrogen and oxygen atoms in total. The number of fused-ring (bicyclic) bond motifs is 1. The van der Waals surface area contributed by atoms with Gasteiger partial charge in [0, 0.05) is 29.3 Å². The lowest BCUT2D eigenvalue weighted by Crippen LogP contribution is -2.06. The first kappa shape index (κ1) is 18.3. The highest BCUT2D eigenvalue weighted by molar-refractivity contribution is 7.48. The van der Waals surface area contributed by atoms with E-state index in [1.807, 2.05) is 0 Å². The molecule has 0 spiro atoms. The Morgan fingerprint density at radius 3 is 2.39 bits per heavy atom. The Balaban J connectivity index is 2.30. The number of halogens is 2. The zero-order valence-corrected chi connectivity index (χ0v) is 14.7. The highest BCUT2D eigenvalue weighted by Crippen LogP contribution is 2.49. The third-order valence-corrected chi connectivity index (χ3v) is 4.53. The maximum absolute atomic E-state index is 12.5. The molecular weight excluding hydrogens is 366 g/mol. The van der Waals surface area contributed by atoms with Gasteiger partial charge in [-0.15, -0.1) is 23.2 Å². The third-order valence-electron chi connectivity index (χ3n) is 2.79. The quantitative estimate of drug-likeness (QED) is 0.389. The zero-order chi connectivity index (χ0) is 16.9. The summed E-state index contributed by atoms with van der Waals surface area (Å²) in [6.45, 7) is 1.77. The number of aryl methyl sites for hydroxylation is 1. The van der Waals surface area contributed by atoms with E-state index in [0.717, 1.165) is 10.9 Å². The predicted molar refractivity (Wildman–Crippen MR) is 88.8 cm³/mol. The monoisotopic (exact) mass is 380 g/mol. The molecule has 0 atom stereocenters. The van der Waals surface area contributed by atoms with Crippen molar-refractivity contribution < 1.29 is 22.6 Å². The second-order valence-corrected chi connectivity index (χ2v) is 6.84. The van der Waals surface area contributed by atoms with Gasteiger partial charge in [0.05, 0.1) is 13.2 Å². The Bertz CT molecular complexity index is 763. The van der Waals surface area contributed by atoms with Crippen molar-refractivity contribution in [2.75, 3.05) is 25.0 Å². The van der Waals surface area contributed by atoms with Gasteiger partial charge in [0.25, 0.3) is 0 Å². The fourth-order valence-electron chi connectivity index (χ4n) is 1.87. The van der Waals surface area contributed by atoms with E-state index in [1.165, 1.54) is 12.1 Å². The fourth-order valence-corrected chi connectivity index (χ4v) is 3.42. The van der Waals surface area contributed by atoms with E-state index < -0.39 is 13.4 Å². The van der Waals surface area contributed by atoms with Gasteiger partial charge >= 0.3 is 13.4 Å². The van der Waals surface area contributed by atoms with Crippen LogP contribution in [0.15, 0.2) is 33.5 Å². The number of phosphoric acid groups is 1. The molecule has 0 aliphatic heterocycles. The van der Waals surface area contributed by atoms with Gasteiger partial charge in [0.15, 0.2) is 0 Å². The summed E-state index contributed by atoms with van der Waals surface area (Å²) in [5.74, 6) is 0.436. The minimum absolute atomic E-state index is 0.0110. The average Bonchev–Trinajstić information content (AvgIpc) is 2.50. The van der Waals surface area contributed by atoms with Gasteiger partial charge in [-0.05, 0) is 24.6 Å². The lowest BCUT2D eigenvalue weighted by molar-refractivity contribution is 0.169. The van der Waals surface area contributed by atoms with Gasteiger partial charge in [0.1, 0.15) is 11.3 Å². The van der Waals surface area contributed by atoms with Crippen LogP contribution < -0.4 is 10.1 Å². The van der Waals surface area contributed by atoms with Crippen molar-refractivity contribution in [3.63, 3.8) is 0 Å². The first-order valence-corrected chi connectivity index (χ1v) is 9.25. The number of alkyl halides is 2. The van der Waals surface area contributed by atoms with E-state index in [9.17, 15) is 9.36 Å². The molecule has 0 N–H and O–H groups in total. The first-order chi connectivity index (χ1) is 11.0. The summed E-state index contributed by atoms with van der Waals surface area (Å²) >= 11 is 11.0. The van der Waals surface area contributed by atoms with Crippen LogP contribution in [0.3, 0.4) is 0 Å². The maximum atomic E-state index is 12.5. The second-order valence-electron chi connectivity index (χ2n) is 4.49. The Hall–Kier alpha value is -1.04. The van der Waals surface area contributed by atoms with Gasteiger partial charge in [-0.1, -0.05) is 0 Å². The molecular formula is C14H15Cl2O6P. The highest BCUT2D eigenvalue weighted by atomic mass is 35.5. The molecule has 0 bridgehead atoms. The summed E-state index contributed by atoms with van der Waals surface area (Å²) < 4.78 is 33.1. The van der Waals surface area contributed by atoms with E-state index in [0.29, 0.717) is 5.58 Å². The minimum atomic E-state index is -3.86. The van der Waals surface area contributed by atoms with E-state index in [4.69, 9.17) is 41.2 Å². The second kappa shape index (κ2) is 8.18. The van der Waals surface area contributed by atoms with E-state index in [2.05, 4.69) is 0 Å². The third kappa shape index (κ3) is 4.96. The van der Waals surface area contributed by atoms with Gasteiger partial charge in [0.2, 0.25) is 0 Å². The topological polar surface area (TPSA) is 75.0 Å². The molecule has 126 valence electrons. The molecule has 23 heavy (non-hydrogen) atoms. The van der Waals surface area contributed by atoms with Crippen molar-refractivity contribution in [2.45, 2.75) is 6.92 Å². The van der Waals surface area contributed by atoms with Crippen LogP contribution in [0.5, 0.6) is 5.75 Å². The van der Waals surface area contributed by atoms with Crippen molar-refractivity contribution in [3.05, 3.63) is 40.2 Å². The standard InChI is InChI=1S/C14H15Cl2O6P/c1-10-8-14(17)21-13-9-11(2-3-12(10)13)22-23(18,19-6-4-15)20-7-5-16/h2-3,8-9H,4-7H2,1H3. The summed E-state index contributed by atoms with van der Waals surface area (Å²) in [6, 6.07) is 6.11. The van der Waals surface area contributed by atoms with E-state index >= 15 is 0 Å². The Labute approximate surface area is 142 Å². The maximum Gasteiger partial charge on any atom is 0.530 e. The number of phosphoric ester groups is 1. The molecule has 2 aromatic rings. The van der Waals surface area contributed by atoms with Gasteiger partial charge < -0.3 is 8.94 Å².